The topological polar surface area (TPSA) is 63.1 Å². The van der Waals surface area contributed by atoms with E-state index in [1.807, 2.05) is 42.6 Å². The highest BCUT2D eigenvalue weighted by molar-refractivity contribution is 7.22. The molecule has 1 unspecified atom stereocenters. The Labute approximate surface area is 192 Å². The van der Waals surface area contributed by atoms with Gasteiger partial charge < -0.3 is 10.2 Å². The van der Waals surface area contributed by atoms with Crippen LogP contribution in [-0.2, 0) is 4.79 Å². The highest BCUT2D eigenvalue weighted by Gasteiger charge is 2.19. The van der Waals surface area contributed by atoms with E-state index in [2.05, 4.69) is 61.5 Å². The summed E-state index contributed by atoms with van der Waals surface area (Å²) in [6.45, 7) is 10.5. The number of benzene rings is 2. The zero-order valence-corrected chi connectivity index (χ0v) is 20.2. The average molecular weight is 448 g/mol. The minimum Gasteiger partial charge on any atom is -0.348 e. The van der Waals surface area contributed by atoms with E-state index in [0.717, 1.165) is 32.4 Å². The van der Waals surface area contributed by atoms with Crippen molar-refractivity contribution in [3.05, 3.63) is 70.4 Å². The van der Waals surface area contributed by atoms with Crippen LogP contribution >= 0.6 is 11.3 Å². The number of hydrogen-bond donors (Lipinski definition) is 1. The summed E-state index contributed by atoms with van der Waals surface area (Å²) >= 11 is 1.56. The number of aromatic nitrogens is 3. The van der Waals surface area contributed by atoms with Gasteiger partial charge in [0.15, 0.2) is 10.8 Å². The summed E-state index contributed by atoms with van der Waals surface area (Å²) in [5.74, 6) is -0.0330. The van der Waals surface area contributed by atoms with Gasteiger partial charge in [0.2, 0.25) is 5.91 Å². The van der Waals surface area contributed by atoms with Crippen LogP contribution in [0.3, 0.4) is 0 Å². The van der Waals surface area contributed by atoms with Crippen molar-refractivity contribution in [2.24, 2.45) is 0 Å². The predicted molar refractivity (Wildman–Crippen MR) is 132 cm³/mol. The van der Waals surface area contributed by atoms with Gasteiger partial charge in [-0.25, -0.2) is 4.68 Å². The standard InChI is InChI=1S/C25H29N5OS/c1-15-7-11-21(12-8-15)30-24-23(19(5)28-30)32-25(27-24)29(6)14-22(31)26-18(4)20-10-9-16(2)17(3)13-20/h7-13,18H,14H2,1-6H3,(H,26,31). The van der Waals surface area contributed by atoms with Crippen molar-refractivity contribution in [1.29, 1.82) is 0 Å². The lowest BCUT2D eigenvalue weighted by atomic mass is 10.0. The Balaban J connectivity index is 1.49. The number of carbonyl (C=O) groups excluding carboxylic acids is 1. The molecule has 1 N–H and O–H groups in total. The number of fused-ring (bicyclic) bond motifs is 1. The first-order valence-corrected chi connectivity index (χ1v) is 11.6. The summed E-state index contributed by atoms with van der Waals surface area (Å²) in [7, 11) is 1.90. The number of likely N-dealkylation sites (N-methyl/N-ethyl adjacent to an activating group) is 1. The molecule has 0 bridgehead atoms. The fourth-order valence-corrected chi connectivity index (χ4v) is 4.59. The highest BCUT2D eigenvalue weighted by atomic mass is 32.1. The van der Waals surface area contributed by atoms with Crippen molar-refractivity contribution in [3.63, 3.8) is 0 Å². The monoisotopic (exact) mass is 447 g/mol. The summed E-state index contributed by atoms with van der Waals surface area (Å²) in [6, 6.07) is 14.5. The first kappa shape index (κ1) is 22.0. The molecule has 0 radical (unpaired) electrons. The second-order valence-corrected chi connectivity index (χ2v) is 9.45. The highest BCUT2D eigenvalue weighted by Crippen LogP contribution is 2.32. The third-order valence-corrected chi connectivity index (χ3v) is 7.04. The lowest BCUT2D eigenvalue weighted by molar-refractivity contribution is -0.120. The third kappa shape index (κ3) is 4.39. The molecule has 4 rings (SSSR count). The number of nitrogens with one attached hydrogen (secondary N) is 1. The minimum absolute atomic E-state index is 0.0330. The number of nitrogens with zero attached hydrogens (tertiary/aromatic N) is 4. The van der Waals surface area contributed by atoms with Crippen LogP contribution in [0, 0.1) is 27.7 Å². The predicted octanol–water partition coefficient (Wildman–Crippen LogP) is 5.03. The number of amides is 1. The molecule has 1 amide bonds. The fourth-order valence-electron chi connectivity index (χ4n) is 3.64. The minimum atomic E-state index is -0.0529. The number of thiazole rings is 1. The van der Waals surface area contributed by atoms with Crippen molar-refractivity contribution in [3.8, 4) is 5.69 Å². The smallest absolute Gasteiger partial charge is 0.240 e. The Bertz CT molecular complexity index is 1270. The Morgan fingerprint density at radius 3 is 2.50 bits per heavy atom. The molecule has 0 aliphatic rings. The molecule has 166 valence electrons. The second kappa shape index (κ2) is 8.74. The lowest BCUT2D eigenvalue weighted by Crippen LogP contribution is -2.36. The molecule has 0 saturated heterocycles. The average Bonchev–Trinajstić information content (AvgIpc) is 3.31. The van der Waals surface area contributed by atoms with Gasteiger partial charge in [-0.05, 0) is 63.4 Å². The number of carbonyl (C=O) groups is 1. The molecule has 1 atom stereocenters. The van der Waals surface area contributed by atoms with E-state index in [1.165, 1.54) is 16.7 Å². The quantitative estimate of drug-likeness (QED) is 0.450. The largest absolute Gasteiger partial charge is 0.348 e. The van der Waals surface area contributed by atoms with Crippen LogP contribution in [0.4, 0.5) is 5.13 Å². The number of aryl methyl sites for hydroxylation is 4. The first-order valence-electron chi connectivity index (χ1n) is 10.7. The van der Waals surface area contributed by atoms with E-state index >= 15 is 0 Å². The van der Waals surface area contributed by atoms with Crippen LogP contribution in [0.2, 0.25) is 0 Å². The van der Waals surface area contributed by atoms with E-state index in [1.54, 1.807) is 11.3 Å². The van der Waals surface area contributed by atoms with Crippen LogP contribution in [0.1, 0.15) is 40.9 Å². The molecule has 2 heterocycles. The van der Waals surface area contributed by atoms with Gasteiger partial charge in [0.05, 0.1) is 28.7 Å². The molecule has 0 aliphatic carbocycles. The Morgan fingerprint density at radius 2 is 1.81 bits per heavy atom. The van der Waals surface area contributed by atoms with Gasteiger partial charge >= 0.3 is 0 Å². The molecule has 0 aliphatic heterocycles. The van der Waals surface area contributed by atoms with Gasteiger partial charge in [0.1, 0.15) is 0 Å². The Morgan fingerprint density at radius 1 is 1.09 bits per heavy atom. The maximum atomic E-state index is 12.7. The molecule has 0 fully saturated rings. The zero-order chi connectivity index (χ0) is 23.0. The first-order chi connectivity index (χ1) is 15.2. The molecular weight excluding hydrogens is 418 g/mol. The molecule has 7 heteroatoms. The maximum Gasteiger partial charge on any atom is 0.240 e. The second-order valence-electron chi connectivity index (χ2n) is 8.47. The molecule has 0 spiro atoms. The number of hydrogen-bond acceptors (Lipinski definition) is 5. The molecular formula is C25H29N5OS. The van der Waals surface area contributed by atoms with Crippen molar-refractivity contribution in [2.75, 3.05) is 18.5 Å². The molecule has 32 heavy (non-hydrogen) atoms. The SMILES string of the molecule is Cc1ccc(-n2nc(C)c3sc(N(C)CC(=O)NC(C)c4ccc(C)c(C)c4)nc32)cc1. The van der Waals surface area contributed by atoms with Crippen LogP contribution in [0.25, 0.3) is 16.0 Å². The van der Waals surface area contributed by atoms with Crippen molar-refractivity contribution >= 4 is 32.7 Å². The Kier molecular flexibility index (Phi) is 6.02. The summed E-state index contributed by atoms with van der Waals surface area (Å²) in [4.78, 5) is 19.4. The molecule has 2 aromatic carbocycles. The van der Waals surface area contributed by atoms with E-state index in [-0.39, 0.29) is 18.5 Å². The van der Waals surface area contributed by atoms with Crippen molar-refractivity contribution in [1.82, 2.24) is 20.1 Å². The summed E-state index contributed by atoms with van der Waals surface area (Å²) in [5.41, 5.74) is 7.53. The fraction of sp³-hybridized carbons (Fsp3) is 0.320. The van der Waals surface area contributed by atoms with Crippen LogP contribution in [0.5, 0.6) is 0 Å². The van der Waals surface area contributed by atoms with Gasteiger partial charge in [-0.1, -0.05) is 47.2 Å². The maximum absolute atomic E-state index is 12.7. The van der Waals surface area contributed by atoms with E-state index in [9.17, 15) is 4.79 Å². The van der Waals surface area contributed by atoms with Crippen molar-refractivity contribution < 1.29 is 4.79 Å². The van der Waals surface area contributed by atoms with Crippen LogP contribution in [-0.4, -0.2) is 34.3 Å². The van der Waals surface area contributed by atoms with Crippen LogP contribution in [0.15, 0.2) is 42.5 Å². The normalized spacial score (nSPS) is 12.2. The van der Waals surface area contributed by atoms with Gasteiger partial charge in [-0.3, -0.25) is 4.79 Å². The lowest BCUT2D eigenvalue weighted by Gasteiger charge is -2.19. The van der Waals surface area contributed by atoms with Crippen molar-refractivity contribution in [2.45, 2.75) is 40.7 Å². The summed E-state index contributed by atoms with van der Waals surface area (Å²) in [6.07, 6.45) is 0. The molecule has 2 aromatic heterocycles. The molecule has 4 aromatic rings. The third-order valence-electron chi connectivity index (χ3n) is 5.77. The summed E-state index contributed by atoms with van der Waals surface area (Å²) < 4.78 is 2.91. The summed E-state index contributed by atoms with van der Waals surface area (Å²) in [5, 5.41) is 8.57. The van der Waals surface area contributed by atoms with E-state index in [0.29, 0.717) is 0 Å². The van der Waals surface area contributed by atoms with E-state index in [4.69, 9.17) is 4.98 Å². The van der Waals surface area contributed by atoms with Gasteiger partial charge in [-0.2, -0.15) is 10.1 Å². The van der Waals surface area contributed by atoms with Gasteiger partial charge in [-0.15, -0.1) is 0 Å². The molecule has 6 nitrogen and oxygen atoms in total. The number of anilines is 1. The zero-order valence-electron chi connectivity index (χ0n) is 19.4. The Hall–Kier alpha value is -3.19. The molecule has 0 saturated carbocycles. The number of rotatable bonds is 6. The van der Waals surface area contributed by atoms with Gasteiger partial charge in [0.25, 0.3) is 0 Å². The van der Waals surface area contributed by atoms with Crippen LogP contribution < -0.4 is 10.2 Å². The van der Waals surface area contributed by atoms with E-state index < -0.39 is 0 Å². The van der Waals surface area contributed by atoms with Gasteiger partial charge in [0, 0.05) is 7.05 Å².